The Balaban J connectivity index is 2.60. The van der Waals surface area contributed by atoms with E-state index in [0.717, 1.165) is 17.2 Å². The normalized spacial score (nSPS) is 13.3. The molecular weight excluding hydrogens is 182 g/mol. The van der Waals surface area contributed by atoms with Crippen LogP contribution >= 0.6 is 11.3 Å². The molecule has 1 aromatic rings. The van der Waals surface area contributed by atoms with Crippen molar-refractivity contribution >= 4 is 16.5 Å². The average Bonchev–Trinajstić information content (AvgIpc) is 2.50. The molecule has 1 aromatic heterocycles. The van der Waals surface area contributed by atoms with Crippen LogP contribution in [0.1, 0.15) is 32.0 Å². The van der Waals surface area contributed by atoms with Gasteiger partial charge in [-0.3, -0.25) is 0 Å². The molecule has 0 amide bonds. The van der Waals surface area contributed by atoms with Gasteiger partial charge in [-0.2, -0.15) is 0 Å². The fourth-order valence-electron chi connectivity index (χ4n) is 1.20. The van der Waals surface area contributed by atoms with Gasteiger partial charge in [-0.25, -0.2) is 4.98 Å². The lowest BCUT2D eigenvalue weighted by Crippen LogP contribution is -2.13. The molecule has 1 rings (SSSR count). The first kappa shape index (κ1) is 10.5. The van der Waals surface area contributed by atoms with E-state index >= 15 is 0 Å². The first-order valence-electron chi connectivity index (χ1n) is 4.52. The van der Waals surface area contributed by atoms with Gasteiger partial charge in [-0.05, 0) is 12.3 Å². The van der Waals surface area contributed by atoms with Crippen LogP contribution in [0.3, 0.4) is 0 Å². The van der Waals surface area contributed by atoms with Gasteiger partial charge in [-0.1, -0.05) is 13.8 Å². The van der Waals surface area contributed by atoms with Gasteiger partial charge < -0.3 is 11.1 Å². The monoisotopic (exact) mass is 199 g/mol. The van der Waals surface area contributed by atoms with Crippen molar-refractivity contribution in [1.29, 1.82) is 0 Å². The first-order chi connectivity index (χ1) is 6.13. The minimum Gasteiger partial charge on any atom is -0.365 e. The van der Waals surface area contributed by atoms with Crippen LogP contribution in [0.2, 0.25) is 0 Å². The van der Waals surface area contributed by atoms with Crippen molar-refractivity contribution in [2.45, 2.75) is 26.3 Å². The Bertz CT molecular complexity index is 257. The number of hydrogen-bond donors (Lipinski definition) is 2. The maximum Gasteiger partial charge on any atom is 0.182 e. The standard InChI is InChI=1S/C9H17N3S/c1-6(2)4-7(10)8-5-13-9(11-3)12-8/h5-7H,4,10H2,1-3H3,(H,11,12). The summed E-state index contributed by atoms with van der Waals surface area (Å²) in [6, 6.07) is 0.0818. The smallest absolute Gasteiger partial charge is 0.182 e. The summed E-state index contributed by atoms with van der Waals surface area (Å²) in [4.78, 5) is 4.36. The Kier molecular flexibility index (Phi) is 3.69. The third-order valence-corrected chi connectivity index (χ3v) is 2.72. The zero-order valence-electron chi connectivity index (χ0n) is 8.37. The van der Waals surface area contributed by atoms with Crippen LogP contribution in [-0.2, 0) is 0 Å². The van der Waals surface area contributed by atoms with Gasteiger partial charge in [0.05, 0.1) is 5.69 Å². The molecule has 4 heteroatoms. The lowest BCUT2D eigenvalue weighted by molar-refractivity contribution is 0.504. The maximum absolute atomic E-state index is 5.98. The number of thiazole rings is 1. The molecule has 74 valence electrons. The molecule has 0 aliphatic carbocycles. The molecule has 3 nitrogen and oxygen atoms in total. The van der Waals surface area contributed by atoms with Gasteiger partial charge in [0.1, 0.15) is 0 Å². The van der Waals surface area contributed by atoms with Crippen LogP contribution in [0.5, 0.6) is 0 Å². The summed E-state index contributed by atoms with van der Waals surface area (Å²) in [7, 11) is 1.87. The minimum absolute atomic E-state index is 0.0818. The van der Waals surface area contributed by atoms with Gasteiger partial charge in [0.25, 0.3) is 0 Å². The van der Waals surface area contributed by atoms with E-state index < -0.39 is 0 Å². The van der Waals surface area contributed by atoms with Crippen molar-refractivity contribution in [3.05, 3.63) is 11.1 Å². The van der Waals surface area contributed by atoms with Crippen LogP contribution in [0, 0.1) is 5.92 Å². The third kappa shape index (κ3) is 2.97. The van der Waals surface area contributed by atoms with Crippen LogP contribution in [0.25, 0.3) is 0 Å². The highest BCUT2D eigenvalue weighted by molar-refractivity contribution is 7.13. The van der Waals surface area contributed by atoms with Crippen LogP contribution < -0.4 is 11.1 Å². The van der Waals surface area contributed by atoms with Gasteiger partial charge in [0.2, 0.25) is 0 Å². The molecule has 0 saturated heterocycles. The molecule has 1 atom stereocenters. The average molecular weight is 199 g/mol. The van der Waals surface area contributed by atoms with Crippen molar-refractivity contribution in [2.75, 3.05) is 12.4 Å². The number of rotatable bonds is 4. The van der Waals surface area contributed by atoms with Gasteiger partial charge in [0.15, 0.2) is 5.13 Å². The van der Waals surface area contributed by atoms with E-state index in [2.05, 4.69) is 24.1 Å². The van der Waals surface area contributed by atoms with Crippen molar-refractivity contribution in [3.63, 3.8) is 0 Å². The van der Waals surface area contributed by atoms with Crippen molar-refractivity contribution in [2.24, 2.45) is 11.7 Å². The number of hydrogen-bond acceptors (Lipinski definition) is 4. The van der Waals surface area contributed by atoms with Gasteiger partial charge in [0, 0.05) is 18.5 Å². The van der Waals surface area contributed by atoms with Crippen molar-refractivity contribution in [1.82, 2.24) is 4.98 Å². The van der Waals surface area contributed by atoms with Crippen molar-refractivity contribution < 1.29 is 0 Å². The van der Waals surface area contributed by atoms with E-state index in [9.17, 15) is 0 Å². The zero-order chi connectivity index (χ0) is 9.84. The molecule has 1 unspecified atom stereocenters. The quantitative estimate of drug-likeness (QED) is 0.782. The zero-order valence-corrected chi connectivity index (χ0v) is 9.19. The molecule has 3 N–H and O–H groups in total. The van der Waals surface area contributed by atoms with E-state index in [1.807, 2.05) is 12.4 Å². The molecule has 0 fully saturated rings. The Morgan fingerprint density at radius 3 is 2.77 bits per heavy atom. The summed E-state index contributed by atoms with van der Waals surface area (Å²) < 4.78 is 0. The molecule has 0 aliphatic rings. The molecule has 0 bridgehead atoms. The van der Waals surface area contributed by atoms with Crippen LogP contribution in [-0.4, -0.2) is 12.0 Å². The Morgan fingerprint density at radius 2 is 2.31 bits per heavy atom. The maximum atomic E-state index is 5.98. The largest absolute Gasteiger partial charge is 0.365 e. The van der Waals surface area contributed by atoms with E-state index in [4.69, 9.17) is 5.73 Å². The summed E-state index contributed by atoms with van der Waals surface area (Å²) in [5, 5.41) is 5.97. The third-order valence-electron chi connectivity index (χ3n) is 1.84. The van der Waals surface area contributed by atoms with E-state index in [0.29, 0.717) is 5.92 Å². The summed E-state index contributed by atoms with van der Waals surface area (Å²) in [5.41, 5.74) is 6.98. The lowest BCUT2D eigenvalue weighted by Gasteiger charge is -2.10. The van der Waals surface area contributed by atoms with Crippen LogP contribution in [0.4, 0.5) is 5.13 Å². The van der Waals surface area contributed by atoms with Crippen molar-refractivity contribution in [3.8, 4) is 0 Å². The highest BCUT2D eigenvalue weighted by atomic mass is 32.1. The predicted octanol–water partition coefficient (Wildman–Crippen LogP) is 2.23. The number of nitrogens with one attached hydrogen (secondary N) is 1. The Hall–Kier alpha value is -0.610. The fraction of sp³-hybridized carbons (Fsp3) is 0.667. The molecule has 0 spiro atoms. The molecule has 13 heavy (non-hydrogen) atoms. The molecule has 0 saturated carbocycles. The first-order valence-corrected chi connectivity index (χ1v) is 5.40. The van der Waals surface area contributed by atoms with Gasteiger partial charge in [-0.15, -0.1) is 11.3 Å². The summed E-state index contributed by atoms with van der Waals surface area (Å²) in [5.74, 6) is 0.620. The summed E-state index contributed by atoms with van der Waals surface area (Å²) in [6.07, 6.45) is 0.993. The lowest BCUT2D eigenvalue weighted by atomic mass is 10.0. The fourth-order valence-corrected chi connectivity index (χ4v) is 1.94. The highest BCUT2D eigenvalue weighted by Gasteiger charge is 2.11. The second kappa shape index (κ2) is 4.58. The SMILES string of the molecule is CNc1nc(C(N)CC(C)C)cs1. The molecule has 0 radical (unpaired) electrons. The molecule has 1 heterocycles. The molecule has 0 aromatic carbocycles. The Morgan fingerprint density at radius 1 is 1.62 bits per heavy atom. The second-order valence-electron chi connectivity index (χ2n) is 3.56. The number of aromatic nitrogens is 1. The van der Waals surface area contributed by atoms with E-state index in [1.165, 1.54) is 0 Å². The number of anilines is 1. The summed E-state index contributed by atoms with van der Waals surface area (Å²) >= 11 is 1.60. The number of nitrogens with zero attached hydrogens (tertiary/aromatic N) is 1. The Labute approximate surface area is 83.4 Å². The second-order valence-corrected chi connectivity index (χ2v) is 4.42. The highest BCUT2D eigenvalue weighted by Crippen LogP contribution is 2.22. The van der Waals surface area contributed by atoms with Gasteiger partial charge >= 0.3 is 0 Å². The molecular formula is C9H17N3S. The van der Waals surface area contributed by atoms with E-state index in [1.54, 1.807) is 11.3 Å². The van der Waals surface area contributed by atoms with Crippen LogP contribution in [0.15, 0.2) is 5.38 Å². The topological polar surface area (TPSA) is 50.9 Å². The minimum atomic E-state index is 0.0818. The van der Waals surface area contributed by atoms with E-state index in [-0.39, 0.29) is 6.04 Å². The summed E-state index contributed by atoms with van der Waals surface area (Å²) in [6.45, 7) is 4.34. The molecule has 0 aliphatic heterocycles. The number of nitrogens with two attached hydrogens (primary N) is 1. The predicted molar refractivity (Wildman–Crippen MR) is 58.0 cm³/mol.